The molecule has 92 valence electrons. The first kappa shape index (κ1) is 12.2. The molecule has 0 aromatic carbocycles. The van der Waals surface area contributed by atoms with Crippen LogP contribution in [0, 0.1) is 5.92 Å². The molecule has 0 fully saturated rings. The lowest BCUT2D eigenvalue weighted by molar-refractivity contribution is 0.545. The van der Waals surface area contributed by atoms with E-state index in [1.165, 1.54) is 22.7 Å². The van der Waals surface area contributed by atoms with Gasteiger partial charge in [-0.25, -0.2) is 0 Å². The van der Waals surface area contributed by atoms with E-state index in [1.807, 2.05) is 0 Å². The number of hydrogen-bond acceptors (Lipinski definition) is 8. The Hall–Kier alpha value is -1.28. The lowest BCUT2D eigenvalue weighted by Gasteiger charge is -2.20. The molecule has 2 heterocycles. The summed E-state index contributed by atoms with van der Waals surface area (Å²) in [6.07, 6.45) is 1.06. The third-order valence-corrected chi connectivity index (χ3v) is 3.27. The number of aromatic nitrogens is 4. The summed E-state index contributed by atoms with van der Waals surface area (Å²) in [5.41, 5.74) is 3.42. The minimum absolute atomic E-state index is 0.0934. The van der Waals surface area contributed by atoms with Gasteiger partial charge in [-0.15, -0.1) is 20.4 Å². The van der Waals surface area contributed by atoms with Crippen molar-refractivity contribution in [3.63, 3.8) is 0 Å². The number of hydrogen-bond donors (Lipinski definition) is 2. The summed E-state index contributed by atoms with van der Waals surface area (Å²) < 4.78 is 0. The van der Waals surface area contributed by atoms with Crippen molar-refractivity contribution in [1.82, 2.24) is 20.4 Å². The molecule has 0 atom stereocenters. The maximum Gasteiger partial charge on any atom is 0.207 e. The molecule has 2 rings (SSSR count). The Morgan fingerprint density at radius 1 is 1.06 bits per heavy atom. The molecule has 2 aromatic rings. The largest absolute Gasteiger partial charge is 0.340 e. The van der Waals surface area contributed by atoms with Crippen LogP contribution < -0.4 is 10.6 Å². The minimum atomic E-state index is 0.0934. The molecule has 2 aromatic heterocycles. The zero-order chi connectivity index (χ0) is 12.1. The highest BCUT2D eigenvalue weighted by molar-refractivity contribution is 7.13. The first-order valence-corrected chi connectivity index (χ1v) is 7.05. The van der Waals surface area contributed by atoms with Gasteiger partial charge >= 0.3 is 0 Å². The molecule has 8 heteroatoms. The summed E-state index contributed by atoms with van der Waals surface area (Å²) in [6.45, 7) is 4.35. The van der Waals surface area contributed by atoms with Crippen LogP contribution in [0.3, 0.4) is 0 Å². The van der Waals surface area contributed by atoms with E-state index in [-0.39, 0.29) is 6.17 Å². The van der Waals surface area contributed by atoms with Crippen molar-refractivity contribution in [2.75, 3.05) is 10.6 Å². The van der Waals surface area contributed by atoms with E-state index >= 15 is 0 Å². The van der Waals surface area contributed by atoms with E-state index in [0.29, 0.717) is 5.92 Å². The molecule has 0 radical (unpaired) electrons. The molecular formula is C9H14N6S2. The van der Waals surface area contributed by atoms with Gasteiger partial charge in [0.05, 0.1) is 0 Å². The van der Waals surface area contributed by atoms with Crippen LogP contribution in [0.15, 0.2) is 11.0 Å². The van der Waals surface area contributed by atoms with E-state index in [2.05, 4.69) is 44.9 Å². The van der Waals surface area contributed by atoms with Crippen LogP contribution in [0.1, 0.15) is 20.3 Å². The van der Waals surface area contributed by atoms with Gasteiger partial charge < -0.3 is 10.6 Å². The summed E-state index contributed by atoms with van der Waals surface area (Å²) in [5.74, 6) is 0.570. The van der Waals surface area contributed by atoms with Gasteiger partial charge in [0.25, 0.3) is 0 Å². The molecule has 0 aliphatic heterocycles. The van der Waals surface area contributed by atoms with E-state index in [1.54, 1.807) is 11.0 Å². The summed E-state index contributed by atoms with van der Waals surface area (Å²) >= 11 is 2.97. The van der Waals surface area contributed by atoms with E-state index in [9.17, 15) is 0 Å². The van der Waals surface area contributed by atoms with Crippen LogP contribution in [-0.4, -0.2) is 26.6 Å². The maximum absolute atomic E-state index is 3.98. The van der Waals surface area contributed by atoms with Gasteiger partial charge in [-0.05, 0) is 12.3 Å². The van der Waals surface area contributed by atoms with Gasteiger partial charge in [-0.3, -0.25) is 0 Å². The van der Waals surface area contributed by atoms with Crippen LogP contribution in [0.5, 0.6) is 0 Å². The molecule has 6 nitrogen and oxygen atoms in total. The van der Waals surface area contributed by atoms with Gasteiger partial charge in [0.15, 0.2) is 0 Å². The third kappa shape index (κ3) is 3.90. The van der Waals surface area contributed by atoms with Gasteiger partial charge in [0.1, 0.15) is 17.2 Å². The second-order valence-electron chi connectivity index (χ2n) is 3.96. The topological polar surface area (TPSA) is 75.6 Å². The lowest BCUT2D eigenvalue weighted by atomic mass is 10.1. The predicted octanol–water partition coefficient (Wildman–Crippen LogP) is 2.29. The Labute approximate surface area is 108 Å². The highest BCUT2D eigenvalue weighted by atomic mass is 32.1. The van der Waals surface area contributed by atoms with Gasteiger partial charge in [-0.1, -0.05) is 36.5 Å². The molecule has 0 unspecified atom stereocenters. The Balaban J connectivity index is 1.97. The summed E-state index contributed by atoms with van der Waals surface area (Å²) in [4.78, 5) is 0. The van der Waals surface area contributed by atoms with Crippen LogP contribution in [-0.2, 0) is 0 Å². The van der Waals surface area contributed by atoms with E-state index < -0.39 is 0 Å². The molecular weight excluding hydrogens is 256 g/mol. The Bertz CT molecular complexity index is 376. The molecule has 0 amide bonds. The quantitative estimate of drug-likeness (QED) is 0.784. The van der Waals surface area contributed by atoms with Crippen molar-refractivity contribution in [2.45, 2.75) is 26.4 Å². The van der Waals surface area contributed by atoms with Crippen molar-refractivity contribution in [3.8, 4) is 0 Å². The first-order valence-electron chi connectivity index (χ1n) is 5.29. The average molecular weight is 270 g/mol. The van der Waals surface area contributed by atoms with Crippen molar-refractivity contribution in [1.29, 1.82) is 0 Å². The molecule has 0 bridgehead atoms. The van der Waals surface area contributed by atoms with Gasteiger partial charge in [0, 0.05) is 0 Å². The number of nitrogens with one attached hydrogen (secondary N) is 2. The molecule has 2 N–H and O–H groups in total. The van der Waals surface area contributed by atoms with Crippen molar-refractivity contribution < 1.29 is 0 Å². The second-order valence-corrected chi connectivity index (χ2v) is 5.63. The summed E-state index contributed by atoms with van der Waals surface area (Å²) in [7, 11) is 0. The fourth-order valence-electron chi connectivity index (χ4n) is 1.40. The smallest absolute Gasteiger partial charge is 0.207 e. The highest BCUT2D eigenvalue weighted by Crippen LogP contribution is 2.17. The molecule has 0 aliphatic rings. The average Bonchev–Trinajstić information content (AvgIpc) is 2.89. The number of anilines is 2. The molecule has 0 spiro atoms. The summed E-state index contributed by atoms with van der Waals surface area (Å²) in [6, 6.07) is 0. The summed E-state index contributed by atoms with van der Waals surface area (Å²) in [5, 5.41) is 23.8. The van der Waals surface area contributed by atoms with Gasteiger partial charge in [-0.2, -0.15) is 0 Å². The molecule has 0 saturated heterocycles. The van der Waals surface area contributed by atoms with Crippen molar-refractivity contribution in [3.05, 3.63) is 11.0 Å². The van der Waals surface area contributed by atoms with Crippen LogP contribution in [0.4, 0.5) is 10.3 Å². The Morgan fingerprint density at radius 2 is 1.59 bits per heavy atom. The zero-order valence-electron chi connectivity index (χ0n) is 9.62. The van der Waals surface area contributed by atoms with Crippen LogP contribution in [0.2, 0.25) is 0 Å². The third-order valence-electron chi connectivity index (χ3n) is 2.02. The maximum atomic E-state index is 3.98. The fraction of sp³-hybridized carbons (Fsp3) is 0.556. The van der Waals surface area contributed by atoms with Crippen LogP contribution in [0.25, 0.3) is 0 Å². The van der Waals surface area contributed by atoms with Crippen LogP contribution >= 0.6 is 22.7 Å². The molecule has 17 heavy (non-hydrogen) atoms. The normalized spacial score (nSPS) is 11.1. The number of rotatable bonds is 6. The predicted molar refractivity (Wildman–Crippen MR) is 70.3 cm³/mol. The second kappa shape index (κ2) is 5.87. The fourth-order valence-corrected chi connectivity index (χ4v) is 2.39. The zero-order valence-corrected chi connectivity index (χ0v) is 11.3. The number of nitrogens with zero attached hydrogens (tertiary/aromatic N) is 4. The lowest BCUT2D eigenvalue weighted by Crippen LogP contribution is -2.30. The SMILES string of the molecule is CC(C)CC(Nc1nncs1)Nc1nncs1. The Morgan fingerprint density at radius 3 is 1.94 bits per heavy atom. The molecule has 0 saturated carbocycles. The molecule has 0 aliphatic carbocycles. The minimum Gasteiger partial charge on any atom is -0.340 e. The highest BCUT2D eigenvalue weighted by Gasteiger charge is 2.13. The Kier molecular flexibility index (Phi) is 4.21. The van der Waals surface area contributed by atoms with Crippen molar-refractivity contribution >= 4 is 32.9 Å². The standard InChI is InChI=1S/C9H14N6S2/c1-6(2)3-7(12-8-14-10-4-16-8)13-9-15-11-5-17-9/h4-7H,3H2,1-2H3,(H,12,14)(H,13,15). The first-order chi connectivity index (χ1) is 8.24. The van der Waals surface area contributed by atoms with E-state index in [4.69, 9.17) is 0 Å². The van der Waals surface area contributed by atoms with Crippen molar-refractivity contribution in [2.24, 2.45) is 5.92 Å². The van der Waals surface area contributed by atoms with Gasteiger partial charge in [0.2, 0.25) is 10.3 Å². The van der Waals surface area contributed by atoms with E-state index in [0.717, 1.165) is 16.7 Å². The monoisotopic (exact) mass is 270 g/mol.